The van der Waals surface area contributed by atoms with E-state index in [1.807, 2.05) is 49.4 Å². The van der Waals surface area contributed by atoms with E-state index >= 15 is 0 Å². The third kappa shape index (κ3) is 3.76. The number of nitrogens with zero attached hydrogens (tertiary/aromatic N) is 1. The summed E-state index contributed by atoms with van der Waals surface area (Å²) in [5.74, 6) is -0.230. The first kappa shape index (κ1) is 18.1. The first-order valence-electron chi connectivity index (χ1n) is 8.74. The first-order valence-corrected chi connectivity index (χ1v) is 9.15. The maximum atomic E-state index is 12.3. The van der Waals surface area contributed by atoms with Gasteiger partial charge in [0, 0.05) is 11.3 Å². The molecule has 4 nitrogen and oxygen atoms in total. The smallest absolute Gasteiger partial charge is 0.257 e. The first-order chi connectivity index (χ1) is 12.5. The van der Waals surface area contributed by atoms with Crippen LogP contribution in [0.2, 0.25) is 0 Å². The second-order valence-electron chi connectivity index (χ2n) is 6.70. The number of hydrogen-bond acceptors (Lipinski definition) is 3. The van der Waals surface area contributed by atoms with Gasteiger partial charge in [-0.2, -0.15) is 5.26 Å². The zero-order chi connectivity index (χ0) is 18.6. The lowest BCUT2D eigenvalue weighted by atomic mass is 9.80. The van der Waals surface area contributed by atoms with Crippen LogP contribution in [0.4, 0.5) is 5.69 Å². The number of nitriles is 1. The van der Waals surface area contributed by atoms with Crippen LogP contribution in [0.1, 0.15) is 47.2 Å². The largest absolute Gasteiger partial charge is 0.332 e. The molecule has 0 radical (unpaired) electrons. The van der Waals surface area contributed by atoms with Gasteiger partial charge in [-0.3, -0.25) is 10.1 Å². The average Bonchev–Trinajstić information content (AvgIpc) is 3.13. The number of rotatable bonds is 3. The number of thiocarbonyl (C=S) groups is 1. The van der Waals surface area contributed by atoms with Gasteiger partial charge in [-0.05, 0) is 61.3 Å². The molecule has 1 aliphatic carbocycles. The van der Waals surface area contributed by atoms with E-state index in [9.17, 15) is 10.1 Å². The Hall–Kier alpha value is -2.71. The number of anilines is 1. The Kier molecular flexibility index (Phi) is 5.34. The molecule has 2 N–H and O–H groups in total. The quantitative estimate of drug-likeness (QED) is 0.791. The summed E-state index contributed by atoms with van der Waals surface area (Å²) >= 11 is 5.24. The van der Waals surface area contributed by atoms with Crippen LogP contribution in [-0.2, 0) is 5.41 Å². The molecule has 132 valence electrons. The summed E-state index contributed by atoms with van der Waals surface area (Å²) < 4.78 is 0. The fourth-order valence-electron chi connectivity index (χ4n) is 3.48. The highest BCUT2D eigenvalue weighted by atomic mass is 32.1. The standard InChI is InChI=1S/C21H21N3OS/c1-15-6-2-3-7-18(15)19(25)24-20(26)23-17-10-8-16(9-11-17)21(14-22)12-4-5-13-21/h2-3,6-11H,4-5,12-13H2,1H3,(H2,23,24,25,26). The Morgan fingerprint density at radius 3 is 2.38 bits per heavy atom. The molecule has 0 spiro atoms. The summed E-state index contributed by atoms with van der Waals surface area (Å²) in [5, 5.41) is 15.6. The van der Waals surface area contributed by atoms with E-state index in [0.717, 1.165) is 42.5 Å². The van der Waals surface area contributed by atoms with Gasteiger partial charge in [-0.15, -0.1) is 0 Å². The molecule has 2 aromatic rings. The maximum Gasteiger partial charge on any atom is 0.257 e. The molecule has 0 heterocycles. The highest BCUT2D eigenvalue weighted by molar-refractivity contribution is 7.80. The van der Waals surface area contributed by atoms with Crippen LogP contribution >= 0.6 is 12.2 Å². The third-order valence-electron chi connectivity index (χ3n) is 4.98. The summed E-state index contributed by atoms with van der Waals surface area (Å²) in [6.45, 7) is 1.89. The van der Waals surface area contributed by atoms with Crippen LogP contribution in [0.25, 0.3) is 0 Å². The number of aryl methyl sites for hydroxylation is 1. The molecule has 1 amide bonds. The van der Waals surface area contributed by atoms with E-state index in [2.05, 4.69) is 16.7 Å². The molecular weight excluding hydrogens is 342 g/mol. The molecule has 0 aliphatic heterocycles. The van der Waals surface area contributed by atoms with Gasteiger partial charge in [0.25, 0.3) is 5.91 Å². The van der Waals surface area contributed by atoms with Crippen molar-refractivity contribution >= 4 is 28.9 Å². The molecular formula is C21H21N3OS. The lowest BCUT2D eigenvalue weighted by Gasteiger charge is -2.21. The number of hydrogen-bond donors (Lipinski definition) is 2. The Labute approximate surface area is 159 Å². The normalized spacial score (nSPS) is 15.1. The predicted octanol–water partition coefficient (Wildman–Crippen LogP) is 4.46. The van der Waals surface area contributed by atoms with E-state index in [4.69, 9.17) is 12.2 Å². The third-order valence-corrected chi connectivity index (χ3v) is 5.19. The molecule has 26 heavy (non-hydrogen) atoms. The Balaban J connectivity index is 1.64. The van der Waals surface area contributed by atoms with Crippen LogP contribution in [0, 0.1) is 18.3 Å². The van der Waals surface area contributed by atoms with Gasteiger partial charge in [0.1, 0.15) is 0 Å². The van der Waals surface area contributed by atoms with Gasteiger partial charge in [0.2, 0.25) is 0 Å². The second kappa shape index (κ2) is 7.67. The van der Waals surface area contributed by atoms with Gasteiger partial charge >= 0.3 is 0 Å². The van der Waals surface area contributed by atoms with Crippen LogP contribution in [-0.4, -0.2) is 11.0 Å². The molecule has 0 atom stereocenters. The van der Waals surface area contributed by atoms with Crippen molar-refractivity contribution in [1.29, 1.82) is 5.26 Å². The number of amides is 1. The van der Waals surface area contributed by atoms with E-state index in [1.54, 1.807) is 6.07 Å². The Bertz CT molecular complexity index is 862. The van der Waals surface area contributed by atoms with Crippen molar-refractivity contribution in [2.45, 2.75) is 38.0 Å². The molecule has 1 fully saturated rings. The number of carbonyl (C=O) groups is 1. The summed E-state index contributed by atoms with van der Waals surface area (Å²) in [4.78, 5) is 12.3. The molecule has 2 aromatic carbocycles. The van der Waals surface area contributed by atoms with Crippen molar-refractivity contribution in [1.82, 2.24) is 5.32 Å². The van der Waals surface area contributed by atoms with Crippen molar-refractivity contribution in [3.63, 3.8) is 0 Å². The molecule has 0 unspecified atom stereocenters. The van der Waals surface area contributed by atoms with E-state index < -0.39 is 0 Å². The minimum atomic E-state index is -0.349. The van der Waals surface area contributed by atoms with Crippen molar-refractivity contribution in [2.75, 3.05) is 5.32 Å². The summed E-state index contributed by atoms with van der Waals surface area (Å²) in [5.41, 5.74) is 2.99. The summed E-state index contributed by atoms with van der Waals surface area (Å²) in [7, 11) is 0. The van der Waals surface area contributed by atoms with Gasteiger partial charge in [0.15, 0.2) is 5.11 Å². The van der Waals surface area contributed by atoms with Crippen LogP contribution < -0.4 is 10.6 Å². The van der Waals surface area contributed by atoms with Crippen LogP contribution in [0.3, 0.4) is 0 Å². The minimum absolute atomic E-state index is 0.230. The predicted molar refractivity (Wildman–Crippen MR) is 107 cm³/mol. The summed E-state index contributed by atoms with van der Waals surface area (Å²) in [6.07, 6.45) is 4.04. The topological polar surface area (TPSA) is 64.9 Å². The highest BCUT2D eigenvalue weighted by Gasteiger charge is 2.35. The molecule has 0 saturated heterocycles. The number of benzene rings is 2. The van der Waals surface area contributed by atoms with E-state index in [1.165, 1.54) is 0 Å². The molecule has 1 aliphatic rings. The number of carbonyl (C=O) groups excluding carboxylic acids is 1. The average molecular weight is 363 g/mol. The fourth-order valence-corrected chi connectivity index (χ4v) is 3.69. The molecule has 1 saturated carbocycles. The van der Waals surface area contributed by atoms with E-state index in [-0.39, 0.29) is 16.4 Å². The van der Waals surface area contributed by atoms with Crippen molar-refractivity contribution in [3.8, 4) is 6.07 Å². The van der Waals surface area contributed by atoms with Crippen molar-refractivity contribution in [3.05, 3.63) is 65.2 Å². The molecule has 3 rings (SSSR count). The molecule has 0 aromatic heterocycles. The van der Waals surface area contributed by atoms with Crippen LogP contribution in [0.15, 0.2) is 48.5 Å². The Morgan fingerprint density at radius 1 is 1.12 bits per heavy atom. The lowest BCUT2D eigenvalue weighted by Crippen LogP contribution is -2.34. The summed E-state index contributed by atoms with van der Waals surface area (Å²) in [6, 6.07) is 17.6. The van der Waals surface area contributed by atoms with Gasteiger partial charge in [-0.1, -0.05) is 43.2 Å². The van der Waals surface area contributed by atoms with Gasteiger partial charge in [-0.25, -0.2) is 0 Å². The number of nitrogens with one attached hydrogen (secondary N) is 2. The van der Waals surface area contributed by atoms with Gasteiger partial charge < -0.3 is 5.32 Å². The van der Waals surface area contributed by atoms with Crippen LogP contribution in [0.5, 0.6) is 0 Å². The SMILES string of the molecule is Cc1ccccc1C(=O)NC(=S)Nc1ccc(C2(C#N)CCCC2)cc1. The molecule has 5 heteroatoms. The minimum Gasteiger partial charge on any atom is -0.332 e. The lowest BCUT2D eigenvalue weighted by molar-refractivity contribution is 0.0977. The monoisotopic (exact) mass is 363 g/mol. The van der Waals surface area contributed by atoms with Crippen molar-refractivity contribution in [2.24, 2.45) is 0 Å². The fraction of sp³-hybridized carbons (Fsp3) is 0.286. The molecule has 0 bridgehead atoms. The van der Waals surface area contributed by atoms with Crippen molar-refractivity contribution < 1.29 is 4.79 Å². The Morgan fingerprint density at radius 2 is 1.77 bits per heavy atom. The highest BCUT2D eigenvalue weighted by Crippen LogP contribution is 2.40. The zero-order valence-electron chi connectivity index (χ0n) is 14.7. The zero-order valence-corrected chi connectivity index (χ0v) is 15.5. The maximum absolute atomic E-state index is 12.3. The van der Waals surface area contributed by atoms with Gasteiger partial charge in [0.05, 0.1) is 11.5 Å². The van der Waals surface area contributed by atoms with E-state index in [0.29, 0.717) is 5.56 Å². The second-order valence-corrected chi connectivity index (χ2v) is 7.11.